The van der Waals surface area contributed by atoms with E-state index in [0.29, 0.717) is 6.04 Å². The van der Waals surface area contributed by atoms with Gasteiger partial charge < -0.3 is 14.6 Å². The molecule has 1 aliphatic rings. The Kier molecular flexibility index (Phi) is 5.66. The van der Waals surface area contributed by atoms with Crippen LogP contribution in [0.2, 0.25) is 0 Å². The first-order valence-electron chi connectivity index (χ1n) is 7.33. The molecule has 0 aliphatic carbocycles. The number of nitrogens with one attached hydrogen (secondary N) is 1. The lowest BCUT2D eigenvalue weighted by molar-refractivity contribution is 0.190. The van der Waals surface area contributed by atoms with Crippen LogP contribution in [-0.4, -0.2) is 53.8 Å². The van der Waals surface area contributed by atoms with Gasteiger partial charge in [0, 0.05) is 45.2 Å². The van der Waals surface area contributed by atoms with Gasteiger partial charge >= 0.3 is 0 Å². The number of likely N-dealkylation sites (N-methyl/N-ethyl adjacent to an activating group) is 1. The molecule has 0 amide bonds. The second-order valence-electron chi connectivity index (χ2n) is 5.10. The molecule has 0 radical (unpaired) electrons. The number of rotatable bonds is 8. The van der Waals surface area contributed by atoms with Crippen molar-refractivity contribution in [2.75, 3.05) is 38.7 Å². The van der Waals surface area contributed by atoms with E-state index in [9.17, 15) is 0 Å². The Bertz CT molecular complexity index is 366. The summed E-state index contributed by atoms with van der Waals surface area (Å²) in [5.74, 6) is 0.985. The van der Waals surface area contributed by atoms with Crippen molar-refractivity contribution in [1.82, 2.24) is 14.5 Å². The molecule has 5 heteroatoms. The average Bonchev–Trinajstić information content (AvgIpc) is 3.04. The highest BCUT2D eigenvalue weighted by Crippen LogP contribution is 2.17. The molecular weight excluding hydrogens is 240 g/mol. The van der Waals surface area contributed by atoms with Crippen LogP contribution in [0.15, 0.2) is 12.4 Å². The minimum absolute atomic E-state index is 0.661. The maximum absolute atomic E-state index is 5.09. The number of aromatic nitrogens is 2. The molecule has 0 spiro atoms. The number of nitrogens with zero attached hydrogens (tertiary/aromatic N) is 3. The fraction of sp³-hybridized carbons (Fsp3) is 0.786. The average molecular weight is 266 g/mol. The number of hydrogen-bond acceptors (Lipinski definition) is 4. The first-order chi connectivity index (χ1) is 9.35. The zero-order chi connectivity index (χ0) is 13.5. The van der Waals surface area contributed by atoms with Gasteiger partial charge in [0.15, 0.2) is 0 Å². The molecule has 1 fully saturated rings. The van der Waals surface area contributed by atoms with Crippen LogP contribution >= 0.6 is 0 Å². The van der Waals surface area contributed by atoms with Crippen LogP contribution in [0.1, 0.15) is 26.2 Å². The van der Waals surface area contributed by atoms with Gasteiger partial charge in [-0.1, -0.05) is 6.92 Å². The standard InChI is InChI=1S/C14H26N4O/c1-3-17-8-4-6-13(17)12-16-14-15-7-10-18(14)9-5-11-19-2/h7,10,13H,3-6,8-9,11-12H2,1-2H3,(H,15,16). The summed E-state index contributed by atoms with van der Waals surface area (Å²) in [6.07, 6.45) is 7.53. The van der Waals surface area contributed by atoms with E-state index in [0.717, 1.165) is 38.6 Å². The van der Waals surface area contributed by atoms with Gasteiger partial charge in [-0.3, -0.25) is 4.90 Å². The molecule has 1 aromatic heterocycles. The molecule has 1 saturated heterocycles. The molecule has 1 N–H and O–H groups in total. The van der Waals surface area contributed by atoms with E-state index in [4.69, 9.17) is 4.74 Å². The first-order valence-corrected chi connectivity index (χ1v) is 7.33. The summed E-state index contributed by atoms with van der Waals surface area (Å²) < 4.78 is 7.26. The van der Waals surface area contributed by atoms with Crippen molar-refractivity contribution >= 4 is 5.95 Å². The minimum atomic E-state index is 0.661. The maximum atomic E-state index is 5.09. The summed E-state index contributed by atoms with van der Waals surface area (Å²) in [5, 5.41) is 3.50. The molecule has 1 aliphatic heterocycles. The molecule has 19 heavy (non-hydrogen) atoms. The van der Waals surface area contributed by atoms with Crippen molar-refractivity contribution in [2.45, 2.75) is 38.8 Å². The first kappa shape index (κ1) is 14.3. The van der Waals surface area contributed by atoms with E-state index >= 15 is 0 Å². The highest BCUT2D eigenvalue weighted by molar-refractivity contribution is 5.26. The predicted octanol–water partition coefficient (Wildman–Crippen LogP) is 1.82. The molecule has 1 atom stereocenters. The molecule has 1 unspecified atom stereocenters. The van der Waals surface area contributed by atoms with E-state index < -0.39 is 0 Å². The third-order valence-corrected chi connectivity index (χ3v) is 3.86. The van der Waals surface area contributed by atoms with Crippen LogP contribution in [0.25, 0.3) is 0 Å². The number of aryl methyl sites for hydroxylation is 1. The summed E-state index contributed by atoms with van der Waals surface area (Å²) in [7, 11) is 1.74. The lowest BCUT2D eigenvalue weighted by Crippen LogP contribution is -2.35. The zero-order valence-electron chi connectivity index (χ0n) is 12.1. The number of anilines is 1. The van der Waals surface area contributed by atoms with Gasteiger partial charge in [-0.05, 0) is 32.4 Å². The number of methoxy groups -OCH3 is 1. The topological polar surface area (TPSA) is 42.3 Å². The van der Waals surface area contributed by atoms with Crippen molar-refractivity contribution in [3.8, 4) is 0 Å². The predicted molar refractivity (Wildman–Crippen MR) is 77.5 cm³/mol. The minimum Gasteiger partial charge on any atom is -0.385 e. The molecule has 2 rings (SSSR count). The molecule has 0 saturated carbocycles. The van der Waals surface area contributed by atoms with Gasteiger partial charge in [-0.2, -0.15) is 0 Å². The Labute approximate surface area is 116 Å². The quantitative estimate of drug-likeness (QED) is 0.729. The smallest absolute Gasteiger partial charge is 0.202 e. The molecule has 1 aromatic rings. The lowest BCUT2D eigenvalue weighted by atomic mass is 10.2. The molecule has 2 heterocycles. The molecular formula is C14H26N4O. The Morgan fingerprint density at radius 3 is 3.21 bits per heavy atom. The Hall–Kier alpha value is -1.07. The van der Waals surface area contributed by atoms with Crippen molar-refractivity contribution in [3.05, 3.63) is 12.4 Å². The van der Waals surface area contributed by atoms with E-state index in [2.05, 4.69) is 26.7 Å². The third kappa shape index (κ3) is 3.94. The molecule has 5 nitrogen and oxygen atoms in total. The number of imidazole rings is 1. The normalized spacial score (nSPS) is 20.0. The highest BCUT2D eigenvalue weighted by Gasteiger charge is 2.22. The number of likely N-dealkylation sites (tertiary alicyclic amines) is 1. The summed E-state index contributed by atoms with van der Waals surface area (Å²) in [6.45, 7) is 7.38. The Balaban J connectivity index is 1.80. The Morgan fingerprint density at radius 2 is 2.42 bits per heavy atom. The van der Waals surface area contributed by atoms with Crippen molar-refractivity contribution in [3.63, 3.8) is 0 Å². The van der Waals surface area contributed by atoms with Gasteiger partial charge in [0.1, 0.15) is 0 Å². The SMILES string of the molecule is CCN1CCCC1CNc1nccn1CCCOC. The van der Waals surface area contributed by atoms with E-state index in [1.165, 1.54) is 19.4 Å². The van der Waals surface area contributed by atoms with Gasteiger partial charge in [-0.25, -0.2) is 4.98 Å². The summed E-state index contributed by atoms with van der Waals surface area (Å²) in [5.41, 5.74) is 0. The van der Waals surface area contributed by atoms with Gasteiger partial charge in [0.2, 0.25) is 5.95 Å². The van der Waals surface area contributed by atoms with Crippen LogP contribution in [0.3, 0.4) is 0 Å². The van der Waals surface area contributed by atoms with Crippen molar-refractivity contribution < 1.29 is 4.74 Å². The van der Waals surface area contributed by atoms with Gasteiger partial charge in [-0.15, -0.1) is 0 Å². The lowest BCUT2D eigenvalue weighted by Gasteiger charge is -2.23. The molecule has 0 bridgehead atoms. The summed E-state index contributed by atoms with van der Waals surface area (Å²) >= 11 is 0. The monoisotopic (exact) mass is 266 g/mol. The van der Waals surface area contributed by atoms with Crippen LogP contribution in [0.4, 0.5) is 5.95 Å². The fourth-order valence-corrected chi connectivity index (χ4v) is 2.79. The van der Waals surface area contributed by atoms with Crippen molar-refractivity contribution in [1.29, 1.82) is 0 Å². The number of hydrogen-bond donors (Lipinski definition) is 1. The fourth-order valence-electron chi connectivity index (χ4n) is 2.79. The summed E-state index contributed by atoms with van der Waals surface area (Å²) in [4.78, 5) is 6.95. The van der Waals surface area contributed by atoms with Crippen LogP contribution in [-0.2, 0) is 11.3 Å². The third-order valence-electron chi connectivity index (χ3n) is 3.86. The molecule has 0 aromatic carbocycles. The van der Waals surface area contributed by atoms with Crippen molar-refractivity contribution in [2.24, 2.45) is 0 Å². The van der Waals surface area contributed by atoms with E-state index in [1.807, 2.05) is 12.4 Å². The second-order valence-corrected chi connectivity index (χ2v) is 5.10. The largest absolute Gasteiger partial charge is 0.385 e. The Morgan fingerprint density at radius 1 is 1.53 bits per heavy atom. The van der Waals surface area contributed by atoms with Gasteiger partial charge in [0.05, 0.1) is 0 Å². The molecule has 108 valence electrons. The second kappa shape index (κ2) is 7.50. The van der Waals surface area contributed by atoms with Crippen LogP contribution in [0, 0.1) is 0 Å². The van der Waals surface area contributed by atoms with Crippen LogP contribution < -0.4 is 5.32 Å². The van der Waals surface area contributed by atoms with E-state index in [-0.39, 0.29) is 0 Å². The van der Waals surface area contributed by atoms with E-state index in [1.54, 1.807) is 7.11 Å². The number of ether oxygens (including phenoxy) is 1. The highest BCUT2D eigenvalue weighted by atomic mass is 16.5. The van der Waals surface area contributed by atoms with Crippen LogP contribution in [0.5, 0.6) is 0 Å². The van der Waals surface area contributed by atoms with Gasteiger partial charge in [0.25, 0.3) is 0 Å². The zero-order valence-corrected chi connectivity index (χ0v) is 12.1. The summed E-state index contributed by atoms with van der Waals surface area (Å²) in [6, 6.07) is 0.661. The maximum Gasteiger partial charge on any atom is 0.202 e.